The van der Waals surface area contributed by atoms with Gasteiger partial charge in [-0.3, -0.25) is 4.79 Å². The first-order valence-electron chi connectivity index (χ1n) is 8.22. The molecule has 0 bridgehead atoms. The molecule has 0 unspecified atom stereocenters. The minimum atomic E-state index is 0.137. The zero-order valence-electron chi connectivity index (χ0n) is 13.3. The molecular formula is C17H23N5O. The number of aromatic nitrogens is 3. The molecular weight excluding hydrogens is 290 g/mol. The Labute approximate surface area is 136 Å². The maximum Gasteiger partial charge on any atom is 0.220 e. The van der Waals surface area contributed by atoms with Crippen LogP contribution in [0, 0.1) is 0 Å². The van der Waals surface area contributed by atoms with Crippen molar-refractivity contribution in [2.24, 2.45) is 0 Å². The van der Waals surface area contributed by atoms with Crippen LogP contribution in [0.3, 0.4) is 0 Å². The van der Waals surface area contributed by atoms with E-state index in [1.54, 1.807) is 12.5 Å². The lowest BCUT2D eigenvalue weighted by Crippen LogP contribution is -2.48. The monoisotopic (exact) mass is 313 g/mol. The number of carbonyl (C=O) groups excluding carboxylic acids is 1. The van der Waals surface area contributed by atoms with Gasteiger partial charge in [-0.25, -0.2) is 9.97 Å². The van der Waals surface area contributed by atoms with Gasteiger partial charge in [0, 0.05) is 50.7 Å². The number of aryl methyl sites for hydroxylation is 1. The Bertz CT molecular complexity index is 599. The summed E-state index contributed by atoms with van der Waals surface area (Å²) >= 11 is 0. The predicted molar refractivity (Wildman–Crippen MR) is 89.1 cm³/mol. The number of nitrogens with zero attached hydrogens (tertiary/aromatic N) is 4. The Morgan fingerprint density at radius 3 is 3.09 bits per heavy atom. The zero-order chi connectivity index (χ0) is 15.9. The molecule has 1 fully saturated rings. The molecule has 0 radical (unpaired) electrons. The van der Waals surface area contributed by atoms with Gasteiger partial charge < -0.3 is 14.8 Å². The number of amides is 1. The fourth-order valence-corrected chi connectivity index (χ4v) is 2.98. The quantitative estimate of drug-likeness (QED) is 0.884. The van der Waals surface area contributed by atoms with Gasteiger partial charge in [-0.1, -0.05) is 6.07 Å². The van der Waals surface area contributed by atoms with E-state index in [0.717, 1.165) is 44.7 Å². The average molecular weight is 313 g/mol. The van der Waals surface area contributed by atoms with E-state index in [1.165, 1.54) is 0 Å². The Balaban J connectivity index is 1.43. The van der Waals surface area contributed by atoms with Crippen LogP contribution in [0.15, 0.2) is 43.1 Å². The Hall–Kier alpha value is -2.37. The molecule has 3 heterocycles. The molecule has 6 nitrogen and oxygen atoms in total. The highest BCUT2D eigenvalue weighted by atomic mass is 16.1. The summed E-state index contributed by atoms with van der Waals surface area (Å²) in [5.41, 5.74) is 0. The topological polar surface area (TPSA) is 63.1 Å². The molecule has 6 heteroatoms. The van der Waals surface area contributed by atoms with Crippen LogP contribution >= 0.6 is 0 Å². The summed E-state index contributed by atoms with van der Waals surface area (Å²) < 4.78 is 2.00. The molecule has 0 aliphatic carbocycles. The minimum absolute atomic E-state index is 0.137. The van der Waals surface area contributed by atoms with E-state index in [2.05, 4.69) is 20.2 Å². The van der Waals surface area contributed by atoms with Gasteiger partial charge in [0.05, 0.1) is 6.33 Å². The van der Waals surface area contributed by atoms with Gasteiger partial charge in [-0.15, -0.1) is 0 Å². The van der Waals surface area contributed by atoms with Gasteiger partial charge >= 0.3 is 0 Å². The largest absolute Gasteiger partial charge is 0.355 e. The second-order valence-corrected chi connectivity index (χ2v) is 5.94. The third-order valence-corrected chi connectivity index (χ3v) is 4.14. The van der Waals surface area contributed by atoms with Gasteiger partial charge in [0.1, 0.15) is 5.82 Å². The van der Waals surface area contributed by atoms with Crippen LogP contribution in [0.2, 0.25) is 0 Å². The molecule has 0 saturated carbocycles. The molecule has 1 aliphatic rings. The van der Waals surface area contributed by atoms with Gasteiger partial charge in [-0.2, -0.15) is 0 Å². The van der Waals surface area contributed by atoms with E-state index in [0.29, 0.717) is 6.42 Å². The standard InChI is InChI=1S/C17H23N5O/c23-17(7-4-10-21-12-9-18-14-21)20-15-5-3-11-22(13-15)16-6-1-2-8-19-16/h1-2,6,8-9,12,14-15H,3-5,7,10-11,13H2,(H,20,23)/t15-/m0/s1. The van der Waals surface area contributed by atoms with Crippen molar-refractivity contribution in [3.05, 3.63) is 43.1 Å². The highest BCUT2D eigenvalue weighted by Crippen LogP contribution is 2.17. The van der Waals surface area contributed by atoms with Crippen LogP contribution in [-0.2, 0) is 11.3 Å². The molecule has 122 valence electrons. The number of hydrogen-bond acceptors (Lipinski definition) is 4. The van der Waals surface area contributed by atoms with Crippen LogP contribution in [-0.4, -0.2) is 39.6 Å². The van der Waals surface area contributed by atoms with Crippen LogP contribution < -0.4 is 10.2 Å². The van der Waals surface area contributed by atoms with Crippen LogP contribution in [0.4, 0.5) is 5.82 Å². The summed E-state index contributed by atoms with van der Waals surface area (Å²) in [7, 11) is 0. The SMILES string of the molecule is O=C(CCCn1ccnc1)N[C@H]1CCCN(c2ccccn2)C1. The maximum atomic E-state index is 12.1. The maximum absolute atomic E-state index is 12.1. The fraction of sp³-hybridized carbons (Fsp3) is 0.471. The first-order chi connectivity index (χ1) is 11.3. The van der Waals surface area contributed by atoms with Gasteiger partial charge in [0.2, 0.25) is 5.91 Å². The third kappa shape index (κ3) is 4.55. The molecule has 0 aromatic carbocycles. The van der Waals surface area contributed by atoms with Crippen LogP contribution in [0.1, 0.15) is 25.7 Å². The Morgan fingerprint density at radius 1 is 1.35 bits per heavy atom. The predicted octanol–water partition coefficient (Wildman–Crippen LogP) is 1.84. The number of carbonyl (C=O) groups is 1. The van der Waals surface area contributed by atoms with Crippen molar-refractivity contribution in [1.29, 1.82) is 0 Å². The summed E-state index contributed by atoms with van der Waals surface area (Å²) in [4.78, 5) is 22.8. The Morgan fingerprint density at radius 2 is 2.30 bits per heavy atom. The molecule has 1 N–H and O–H groups in total. The molecule has 3 rings (SSSR count). The first-order valence-corrected chi connectivity index (χ1v) is 8.22. The fourth-order valence-electron chi connectivity index (χ4n) is 2.98. The third-order valence-electron chi connectivity index (χ3n) is 4.14. The van der Waals surface area contributed by atoms with E-state index in [9.17, 15) is 4.79 Å². The lowest BCUT2D eigenvalue weighted by atomic mass is 10.1. The Kier molecular flexibility index (Phi) is 5.24. The highest BCUT2D eigenvalue weighted by Gasteiger charge is 2.21. The summed E-state index contributed by atoms with van der Waals surface area (Å²) in [5, 5.41) is 3.17. The summed E-state index contributed by atoms with van der Waals surface area (Å²) in [6.45, 7) is 2.67. The van der Waals surface area contributed by atoms with E-state index in [-0.39, 0.29) is 11.9 Å². The lowest BCUT2D eigenvalue weighted by molar-refractivity contribution is -0.122. The summed E-state index contributed by atoms with van der Waals surface area (Å²) in [6.07, 6.45) is 10.8. The first kappa shape index (κ1) is 15.5. The molecule has 23 heavy (non-hydrogen) atoms. The van der Waals surface area contributed by atoms with Crippen molar-refractivity contribution in [2.75, 3.05) is 18.0 Å². The number of anilines is 1. The summed E-state index contributed by atoms with van der Waals surface area (Å²) in [6, 6.07) is 6.16. The number of hydrogen-bond donors (Lipinski definition) is 1. The van der Waals surface area contributed by atoms with E-state index < -0.39 is 0 Å². The second-order valence-electron chi connectivity index (χ2n) is 5.94. The molecule has 1 saturated heterocycles. The van der Waals surface area contributed by atoms with Crippen molar-refractivity contribution < 1.29 is 4.79 Å². The number of piperidine rings is 1. The van der Waals surface area contributed by atoms with Crippen LogP contribution in [0.5, 0.6) is 0 Å². The van der Waals surface area contributed by atoms with Gasteiger partial charge in [-0.05, 0) is 31.4 Å². The number of nitrogens with one attached hydrogen (secondary N) is 1. The highest BCUT2D eigenvalue weighted by molar-refractivity contribution is 5.76. The number of imidazole rings is 1. The zero-order valence-corrected chi connectivity index (χ0v) is 13.3. The number of rotatable bonds is 6. The minimum Gasteiger partial charge on any atom is -0.355 e. The molecule has 1 amide bonds. The smallest absolute Gasteiger partial charge is 0.220 e. The van der Waals surface area contributed by atoms with Crippen molar-refractivity contribution in [3.63, 3.8) is 0 Å². The van der Waals surface area contributed by atoms with Crippen LogP contribution in [0.25, 0.3) is 0 Å². The molecule has 1 atom stereocenters. The van der Waals surface area contributed by atoms with E-state index >= 15 is 0 Å². The van der Waals surface area contributed by atoms with Gasteiger partial charge in [0.15, 0.2) is 0 Å². The van der Waals surface area contributed by atoms with Gasteiger partial charge in [0.25, 0.3) is 0 Å². The molecule has 1 aliphatic heterocycles. The lowest BCUT2D eigenvalue weighted by Gasteiger charge is -2.34. The molecule has 2 aromatic rings. The summed E-state index contributed by atoms with van der Waals surface area (Å²) in [5.74, 6) is 1.13. The van der Waals surface area contributed by atoms with Crippen molar-refractivity contribution in [2.45, 2.75) is 38.3 Å². The van der Waals surface area contributed by atoms with E-state index in [1.807, 2.05) is 35.2 Å². The van der Waals surface area contributed by atoms with E-state index in [4.69, 9.17) is 0 Å². The molecule has 0 spiro atoms. The molecule has 2 aromatic heterocycles. The second kappa shape index (κ2) is 7.76. The van der Waals surface area contributed by atoms with Crippen molar-refractivity contribution in [1.82, 2.24) is 19.9 Å². The normalized spacial score (nSPS) is 17.9. The van der Waals surface area contributed by atoms with Crippen molar-refractivity contribution >= 4 is 11.7 Å². The van der Waals surface area contributed by atoms with Crippen molar-refractivity contribution in [3.8, 4) is 0 Å². The number of pyridine rings is 1. The average Bonchev–Trinajstić information content (AvgIpc) is 3.09.